The average Bonchev–Trinajstić information content (AvgIpc) is 3.63. The fraction of sp³-hybridized carbons (Fsp3) is 0.0612. The number of anilines is 3. The van der Waals surface area contributed by atoms with Gasteiger partial charge in [-0.05, 0) is 102 Å². The molecular weight excluding hydrogens is 603 g/mol. The Morgan fingerprint density at radius 3 is 1.70 bits per heavy atom. The molecule has 0 unspecified atom stereocenters. The highest BCUT2D eigenvalue weighted by atomic mass is 15.1. The van der Waals surface area contributed by atoms with Crippen molar-refractivity contribution in [3.63, 3.8) is 0 Å². The van der Waals surface area contributed by atoms with Crippen LogP contribution in [0.1, 0.15) is 25.0 Å². The van der Waals surface area contributed by atoms with E-state index in [-0.39, 0.29) is 5.41 Å². The van der Waals surface area contributed by atoms with Gasteiger partial charge in [0, 0.05) is 22.2 Å². The van der Waals surface area contributed by atoms with Crippen LogP contribution in [0.25, 0.3) is 66.4 Å². The summed E-state index contributed by atoms with van der Waals surface area (Å²) in [5, 5.41) is 2.58. The maximum Gasteiger partial charge on any atom is 0.0540 e. The second kappa shape index (κ2) is 10.9. The minimum absolute atomic E-state index is 0.0499. The van der Waals surface area contributed by atoms with Crippen LogP contribution in [-0.2, 0) is 5.41 Å². The molecule has 0 aromatic heterocycles. The van der Waals surface area contributed by atoms with Gasteiger partial charge < -0.3 is 4.90 Å². The van der Waals surface area contributed by atoms with Gasteiger partial charge in [-0.1, -0.05) is 159 Å². The van der Waals surface area contributed by atoms with Crippen molar-refractivity contribution in [1.29, 1.82) is 0 Å². The molecule has 0 amide bonds. The van der Waals surface area contributed by atoms with E-state index in [0.29, 0.717) is 0 Å². The molecule has 0 aliphatic heterocycles. The van der Waals surface area contributed by atoms with E-state index in [1.54, 1.807) is 0 Å². The van der Waals surface area contributed by atoms with Crippen molar-refractivity contribution < 1.29 is 0 Å². The van der Waals surface area contributed by atoms with Crippen LogP contribution in [-0.4, -0.2) is 0 Å². The summed E-state index contributed by atoms with van der Waals surface area (Å²) in [4.78, 5) is 2.46. The molecule has 0 saturated carbocycles. The predicted octanol–water partition coefficient (Wildman–Crippen LogP) is 13.6. The van der Waals surface area contributed by atoms with Crippen molar-refractivity contribution in [1.82, 2.24) is 0 Å². The fourth-order valence-corrected chi connectivity index (χ4v) is 8.68. The van der Waals surface area contributed by atoms with Gasteiger partial charge in [0.1, 0.15) is 0 Å². The maximum atomic E-state index is 2.46. The monoisotopic (exact) mass is 637 g/mol. The first-order valence-electron chi connectivity index (χ1n) is 17.5. The van der Waals surface area contributed by atoms with E-state index in [4.69, 9.17) is 0 Å². The molecule has 0 heterocycles. The molecule has 2 aliphatic carbocycles. The second-order valence-electron chi connectivity index (χ2n) is 14.1. The summed E-state index contributed by atoms with van der Waals surface area (Å²) in [5.74, 6) is 0. The average molecular weight is 638 g/mol. The van der Waals surface area contributed by atoms with Gasteiger partial charge in [-0.15, -0.1) is 0 Å². The standard InChI is InChI=1S/C49H35N/c1-49(2)44-26-9-8-22-42(44)48-37(23-13-27-45(48)49)34-17-11-19-36(31-34)50(35-18-10-16-33(30-35)32-14-4-3-5-15-32)46-29-28-41-39-21-7-6-20-38(39)40-24-12-25-43(46)47(40)41/h3-31H,1-2H3. The number of fused-ring (bicyclic) bond motifs is 6. The zero-order valence-electron chi connectivity index (χ0n) is 28.2. The molecule has 1 heteroatoms. The Labute approximate surface area is 293 Å². The van der Waals surface area contributed by atoms with Crippen LogP contribution in [0.5, 0.6) is 0 Å². The Kier molecular flexibility index (Phi) is 6.29. The minimum atomic E-state index is -0.0499. The summed E-state index contributed by atoms with van der Waals surface area (Å²) < 4.78 is 0. The van der Waals surface area contributed by atoms with E-state index in [2.05, 4.69) is 195 Å². The zero-order valence-corrected chi connectivity index (χ0v) is 28.2. The molecule has 0 radical (unpaired) electrons. The highest BCUT2D eigenvalue weighted by Gasteiger charge is 2.36. The van der Waals surface area contributed by atoms with Crippen molar-refractivity contribution in [2.24, 2.45) is 0 Å². The number of nitrogens with zero attached hydrogens (tertiary/aromatic N) is 1. The van der Waals surface area contributed by atoms with Gasteiger partial charge >= 0.3 is 0 Å². The van der Waals surface area contributed by atoms with Gasteiger partial charge in [-0.25, -0.2) is 0 Å². The summed E-state index contributed by atoms with van der Waals surface area (Å²) in [6.45, 7) is 4.71. The van der Waals surface area contributed by atoms with Gasteiger partial charge in [0.15, 0.2) is 0 Å². The molecule has 8 aromatic rings. The molecule has 0 spiro atoms. The van der Waals surface area contributed by atoms with Gasteiger partial charge in [-0.3, -0.25) is 0 Å². The lowest BCUT2D eigenvalue weighted by Crippen LogP contribution is -2.14. The summed E-state index contributed by atoms with van der Waals surface area (Å²) in [6, 6.07) is 64.8. The molecule has 8 aromatic carbocycles. The van der Waals surface area contributed by atoms with E-state index < -0.39 is 0 Å². The van der Waals surface area contributed by atoms with Crippen molar-refractivity contribution in [2.75, 3.05) is 4.90 Å². The van der Waals surface area contributed by atoms with Gasteiger partial charge in [0.2, 0.25) is 0 Å². The molecule has 10 rings (SSSR count). The maximum absolute atomic E-state index is 2.46. The Morgan fingerprint density at radius 2 is 0.920 bits per heavy atom. The molecule has 0 bridgehead atoms. The number of hydrogen-bond donors (Lipinski definition) is 0. The fourth-order valence-electron chi connectivity index (χ4n) is 8.68. The molecule has 1 nitrogen and oxygen atoms in total. The molecule has 0 atom stereocenters. The van der Waals surface area contributed by atoms with E-state index in [0.717, 1.165) is 11.4 Å². The van der Waals surface area contributed by atoms with Crippen molar-refractivity contribution in [3.05, 3.63) is 187 Å². The molecule has 2 aliphatic rings. The molecule has 0 saturated heterocycles. The summed E-state index contributed by atoms with van der Waals surface area (Å²) in [6.07, 6.45) is 0. The molecule has 50 heavy (non-hydrogen) atoms. The van der Waals surface area contributed by atoms with Gasteiger partial charge in [0.25, 0.3) is 0 Å². The van der Waals surface area contributed by atoms with E-state index in [9.17, 15) is 0 Å². The van der Waals surface area contributed by atoms with Crippen LogP contribution in [0.15, 0.2) is 176 Å². The normalized spacial score (nSPS) is 13.2. The lowest BCUT2D eigenvalue weighted by molar-refractivity contribution is 0.660. The van der Waals surface area contributed by atoms with Crippen LogP contribution >= 0.6 is 0 Å². The van der Waals surface area contributed by atoms with E-state index >= 15 is 0 Å². The lowest BCUT2D eigenvalue weighted by Gasteiger charge is -2.28. The SMILES string of the molecule is CC1(C)c2ccccc2-c2c(-c3cccc(N(c4cccc(-c5ccccc5)c4)c4ccc5c6c(cccc46)-c4ccccc4-5)c3)cccc21. The Bertz CT molecular complexity index is 2600. The Hall–Kier alpha value is -6.18. The first-order valence-corrected chi connectivity index (χ1v) is 17.5. The smallest absolute Gasteiger partial charge is 0.0540 e. The van der Waals surface area contributed by atoms with Crippen LogP contribution < -0.4 is 4.90 Å². The lowest BCUT2D eigenvalue weighted by atomic mass is 9.82. The number of hydrogen-bond acceptors (Lipinski definition) is 1. The summed E-state index contributed by atoms with van der Waals surface area (Å²) >= 11 is 0. The van der Waals surface area contributed by atoms with Crippen molar-refractivity contribution in [2.45, 2.75) is 19.3 Å². The first kappa shape index (κ1) is 28.8. The van der Waals surface area contributed by atoms with Crippen LogP contribution in [0, 0.1) is 0 Å². The largest absolute Gasteiger partial charge is 0.310 e. The molecule has 236 valence electrons. The second-order valence-corrected chi connectivity index (χ2v) is 14.1. The molecule has 0 N–H and O–H groups in total. The Balaban J connectivity index is 1.20. The molecule has 0 fully saturated rings. The number of rotatable bonds is 5. The van der Waals surface area contributed by atoms with E-state index in [1.807, 2.05) is 0 Å². The minimum Gasteiger partial charge on any atom is -0.310 e. The van der Waals surface area contributed by atoms with Crippen molar-refractivity contribution in [3.8, 4) is 55.6 Å². The first-order chi connectivity index (χ1) is 24.6. The third kappa shape index (κ3) is 4.20. The highest BCUT2D eigenvalue weighted by molar-refractivity contribution is 6.19. The zero-order chi connectivity index (χ0) is 33.4. The van der Waals surface area contributed by atoms with Gasteiger partial charge in [-0.2, -0.15) is 0 Å². The van der Waals surface area contributed by atoms with Crippen molar-refractivity contribution >= 4 is 27.8 Å². The predicted molar refractivity (Wildman–Crippen MR) is 211 cm³/mol. The topological polar surface area (TPSA) is 3.24 Å². The summed E-state index contributed by atoms with van der Waals surface area (Å²) in [7, 11) is 0. The molecular formula is C49H35N. The highest BCUT2D eigenvalue weighted by Crippen LogP contribution is 2.54. The van der Waals surface area contributed by atoms with Crippen LogP contribution in [0.3, 0.4) is 0 Å². The summed E-state index contributed by atoms with van der Waals surface area (Å²) in [5.41, 5.74) is 19.0. The van der Waals surface area contributed by atoms with E-state index in [1.165, 1.54) is 83.2 Å². The van der Waals surface area contributed by atoms with Crippen LogP contribution in [0.4, 0.5) is 17.1 Å². The number of benzene rings is 8. The third-order valence-corrected chi connectivity index (χ3v) is 11.0. The van der Waals surface area contributed by atoms with Gasteiger partial charge in [0.05, 0.1) is 5.69 Å². The Morgan fingerprint density at radius 1 is 0.380 bits per heavy atom. The quantitative estimate of drug-likeness (QED) is 0.181. The third-order valence-electron chi connectivity index (χ3n) is 11.0. The van der Waals surface area contributed by atoms with Crippen LogP contribution in [0.2, 0.25) is 0 Å².